The number of rotatable bonds is 4. The third-order valence-electron chi connectivity index (χ3n) is 3.07. The van der Waals surface area contributed by atoms with Gasteiger partial charge in [0.05, 0.1) is 17.9 Å². The highest BCUT2D eigenvalue weighted by atomic mass is 32.1. The largest absolute Gasteiger partial charge is 0.346 e. The van der Waals surface area contributed by atoms with E-state index in [4.69, 9.17) is 0 Å². The van der Waals surface area contributed by atoms with Gasteiger partial charge in [-0.3, -0.25) is 14.8 Å². The number of hydrogen-bond donors (Lipinski definition) is 1. The lowest BCUT2D eigenvalue weighted by Gasteiger charge is -2.03. The predicted octanol–water partition coefficient (Wildman–Crippen LogP) is 2.84. The Morgan fingerprint density at radius 2 is 2.14 bits per heavy atom. The maximum absolute atomic E-state index is 12.3. The first-order valence-electron chi connectivity index (χ1n) is 6.80. The normalized spacial score (nSPS) is 10.4. The van der Waals surface area contributed by atoms with Gasteiger partial charge < -0.3 is 5.32 Å². The number of hydrogen-bond acceptors (Lipinski definition) is 5. The van der Waals surface area contributed by atoms with Crippen molar-refractivity contribution >= 4 is 17.2 Å². The summed E-state index contributed by atoms with van der Waals surface area (Å²) in [6, 6.07) is 9.40. The molecule has 0 aliphatic carbocycles. The fraction of sp³-hybridized carbons (Fsp3) is 0.125. The SMILES string of the molecule is Cc1nc(-c2cccnc2)sc1C(=O)NCc1ccccn1. The van der Waals surface area contributed by atoms with Crippen LogP contribution in [0.4, 0.5) is 0 Å². The minimum Gasteiger partial charge on any atom is -0.346 e. The number of aryl methyl sites for hydroxylation is 1. The summed E-state index contributed by atoms with van der Waals surface area (Å²) >= 11 is 1.37. The third kappa shape index (κ3) is 3.17. The van der Waals surface area contributed by atoms with Gasteiger partial charge in [0.2, 0.25) is 0 Å². The molecule has 3 aromatic rings. The lowest BCUT2D eigenvalue weighted by atomic mass is 10.3. The van der Waals surface area contributed by atoms with Crippen LogP contribution in [0.2, 0.25) is 0 Å². The molecule has 0 saturated carbocycles. The summed E-state index contributed by atoms with van der Waals surface area (Å²) in [6.07, 6.45) is 5.16. The van der Waals surface area contributed by atoms with Crippen LogP contribution in [0.1, 0.15) is 21.1 Å². The molecule has 110 valence electrons. The van der Waals surface area contributed by atoms with Crippen molar-refractivity contribution in [2.24, 2.45) is 0 Å². The topological polar surface area (TPSA) is 67.8 Å². The second-order valence-corrected chi connectivity index (χ2v) is 5.68. The quantitative estimate of drug-likeness (QED) is 0.804. The highest BCUT2D eigenvalue weighted by Crippen LogP contribution is 2.27. The molecular formula is C16H14N4OS. The maximum atomic E-state index is 12.3. The summed E-state index contributed by atoms with van der Waals surface area (Å²) < 4.78 is 0. The van der Waals surface area contributed by atoms with Gasteiger partial charge in [0.25, 0.3) is 5.91 Å². The number of thiazole rings is 1. The molecule has 0 fully saturated rings. The zero-order valence-electron chi connectivity index (χ0n) is 12.0. The summed E-state index contributed by atoms with van der Waals surface area (Å²) in [4.78, 5) is 25.6. The van der Waals surface area contributed by atoms with Crippen molar-refractivity contribution in [3.8, 4) is 10.6 Å². The van der Waals surface area contributed by atoms with Gasteiger partial charge in [-0.15, -0.1) is 11.3 Å². The van der Waals surface area contributed by atoms with E-state index in [1.54, 1.807) is 18.6 Å². The Bertz CT molecular complexity index is 771. The van der Waals surface area contributed by atoms with Gasteiger partial charge in [0, 0.05) is 24.2 Å². The fourth-order valence-electron chi connectivity index (χ4n) is 1.97. The van der Waals surface area contributed by atoms with Crippen LogP contribution in [0.5, 0.6) is 0 Å². The van der Waals surface area contributed by atoms with E-state index in [0.29, 0.717) is 11.4 Å². The highest BCUT2D eigenvalue weighted by Gasteiger charge is 2.16. The van der Waals surface area contributed by atoms with E-state index in [1.165, 1.54) is 11.3 Å². The first kappa shape index (κ1) is 14.3. The smallest absolute Gasteiger partial charge is 0.263 e. The first-order chi connectivity index (χ1) is 10.7. The summed E-state index contributed by atoms with van der Waals surface area (Å²) in [5, 5.41) is 3.67. The molecule has 0 atom stereocenters. The number of carbonyl (C=O) groups is 1. The zero-order valence-corrected chi connectivity index (χ0v) is 12.8. The first-order valence-corrected chi connectivity index (χ1v) is 7.61. The molecule has 0 aliphatic heterocycles. The lowest BCUT2D eigenvalue weighted by molar-refractivity contribution is 0.0953. The van der Waals surface area contributed by atoms with Crippen molar-refractivity contribution in [3.05, 3.63) is 65.2 Å². The molecule has 0 saturated heterocycles. The van der Waals surface area contributed by atoms with Crippen LogP contribution in [0.15, 0.2) is 48.9 Å². The van der Waals surface area contributed by atoms with E-state index in [2.05, 4.69) is 20.3 Å². The average Bonchev–Trinajstić information content (AvgIpc) is 2.96. The Morgan fingerprint density at radius 1 is 1.23 bits per heavy atom. The molecule has 3 rings (SSSR count). The molecule has 3 aromatic heterocycles. The molecule has 0 aromatic carbocycles. The molecule has 0 spiro atoms. The minimum atomic E-state index is -0.129. The summed E-state index contributed by atoms with van der Waals surface area (Å²) in [5.74, 6) is -0.129. The standard InChI is InChI=1S/C16H14N4OS/c1-11-14(15(21)19-10-13-6-2-3-8-18-13)22-16(20-11)12-5-4-7-17-9-12/h2-9H,10H2,1H3,(H,19,21). The van der Waals surface area contributed by atoms with E-state index in [9.17, 15) is 4.79 Å². The van der Waals surface area contributed by atoms with Crippen molar-refractivity contribution in [2.75, 3.05) is 0 Å². The van der Waals surface area contributed by atoms with Gasteiger partial charge in [-0.1, -0.05) is 6.07 Å². The van der Waals surface area contributed by atoms with Crippen molar-refractivity contribution in [1.29, 1.82) is 0 Å². The molecule has 5 nitrogen and oxygen atoms in total. The Labute approximate surface area is 132 Å². The maximum Gasteiger partial charge on any atom is 0.263 e. The van der Waals surface area contributed by atoms with Crippen molar-refractivity contribution in [3.63, 3.8) is 0 Å². The molecule has 0 bridgehead atoms. The van der Waals surface area contributed by atoms with Crippen molar-refractivity contribution < 1.29 is 4.79 Å². The van der Waals surface area contributed by atoms with Crippen LogP contribution in [-0.2, 0) is 6.54 Å². The van der Waals surface area contributed by atoms with E-state index in [1.807, 2.05) is 37.3 Å². The van der Waals surface area contributed by atoms with E-state index in [0.717, 1.165) is 22.0 Å². The van der Waals surface area contributed by atoms with Crippen LogP contribution in [-0.4, -0.2) is 20.9 Å². The van der Waals surface area contributed by atoms with Gasteiger partial charge >= 0.3 is 0 Å². The minimum absolute atomic E-state index is 0.129. The Hall–Kier alpha value is -2.60. The van der Waals surface area contributed by atoms with E-state index in [-0.39, 0.29) is 5.91 Å². The molecule has 0 radical (unpaired) electrons. The number of amides is 1. The number of pyridine rings is 2. The number of nitrogens with zero attached hydrogens (tertiary/aromatic N) is 3. The predicted molar refractivity (Wildman–Crippen MR) is 85.5 cm³/mol. The second-order valence-electron chi connectivity index (χ2n) is 4.68. The van der Waals surface area contributed by atoms with Gasteiger partial charge in [-0.25, -0.2) is 4.98 Å². The van der Waals surface area contributed by atoms with Crippen molar-refractivity contribution in [2.45, 2.75) is 13.5 Å². The number of carbonyl (C=O) groups excluding carboxylic acids is 1. The van der Waals surface area contributed by atoms with Crippen LogP contribution >= 0.6 is 11.3 Å². The third-order valence-corrected chi connectivity index (χ3v) is 4.27. The zero-order chi connectivity index (χ0) is 15.4. The molecule has 0 unspecified atom stereocenters. The molecule has 3 heterocycles. The lowest BCUT2D eigenvalue weighted by Crippen LogP contribution is -2.23. The monoisotopic (exact) mass is 310 g/mol. The molecule has 0 aliphatic rings. The Morgan fingerprint density at radius 3 is 2.86 bits per heavy atom. The molecule has 1 N–H and O–H groups in total. The molecule has 22 heavy (non-hydrogen) atoms. The van der Waals surface area contributed by atoms with E-state index >= 15 is 0 Å². The number of nitrogens with one attached hydrogen (secondary N) is 1. The summed E-state index contributed by atoms with van der Waals surface area (Å²) in [5.41, 5.74) is 2.47. The highest BCUT2D eigenvalue weighted by molar-refractivity contribution is 7.17. The van der Waals surface area contributed by atoms with E-state index < -0.39 is 0 Å². The van der Waals surface area contributed by atoms with Gasteiger partial charge in [0.1, 0.15) is 9.88 Å². The van der Waals surface area contributed by atoms with Crippen molar-refractivity contribution in [1.82, 2.24) is 20.3 Å². The average molecular weight is 310 g/mol. The van der Waals surface area contributed by atoms with Crippen LogP contribution in [0.3, 0.4) is 0 Å². The fourth-order valence-corrected chi connectivity index (χ4v) is 2.95. The molecular weight excluding hydrogens is 296 g/mol. The van der Waals surface area contributed by atoms with Crippen LogP contribution < -0.4 is 5.32 Å². The van der Waals surface area contributed by atoms with Crippen LogP contribution in [0.25, 0.3) is 10.6 Å². The van der Waals surface area contributed by atoms with Gasteiger partial charge in [-0.05, 0) is 31.2 Å². The number of aromatic nitrogens is 3. The van der Waals surface area contributed by atoms with Crippen LogP contribution in [0, 0.1) is 6.92 Å². The molecule has 6 heteroatoms. The molecule has 1 amide bonds. The summed E-state index contributed by atoms with van der Waals surface area (Å²) in [6.45, 7) is 2.24. The van der Waals surface area contributed by atoms with Gasteiger partial charge in [-0.2, -0.15) is 0 Å². The summed E-state index contributed by atoms with van der Waals surface area (Å²) in [7, 11) is 0. The Kier molecular flexibility index (Phi) is 4.20. The second kappa shape index (κ2) is 6.44. The Balaban J connectivity index is 1.74. The van der Waals surface area contributed by atoms with Gasteiger partial charge in [0.15, 0.2) is 0 Å².